The van der Waals surface area contributed by atoms with E-state index in [0.29, 0.717) is 17.3 Å². The number of carbonyl (C=O) groups is 1. The van der Waals surface area contributed by atoms with Crippen molar-refractivity contribution in [3.63, 3.8) is 0 Å². The van der Waals surface area contributed by atoms with Gasteiger partial charge in [-0.3, -0.25) is 4.79 Å². The summed E-state index contributed by atoms with van der Waals surface area (Å²) in [5, 5.41) is 6.23. The molecule has 0 atom stereocenters. The van der Waals surface area contributed by atoms with Gasteiger partial charge >= 0.3 is 0 Å². The topological polar surface area (TPSA) is 68.0 Å². The van der Waals surface area contributed by atoms with Gasteiger partial charge in [0, 0.05) is 17.4 Å². The molecule has 0 saturated carbocycles. The lowest BCUT2D eigenvalue weighted by Crippen LogP contribution is -2.23. The van der Waals surface area contributed by atoms with Crippen LogP contribution >= 0.6 is 12.6 Å². The molecule has 1 aromatic carbocycles. The van der Waals surface area contributed by atoms with Crippen LogP contribution in [-0.4, -0.2) is 16.0 Å². The molecule has 1 aromatic heterocycles. The number of hydrogen-bond donors (Lipinski definition) is 2. The molecule has 0 aliphatic carbocycles. The van der Waals surface area contributed by atoms with Crippen LogP contribution in [-0.2, 0) is 6.54 Å². The summed E-state index contributed by atoms with van der Waals surface area (Å²) < 4.78 is 17.7. The molecule has 18 heavy (non-hydrogen) atoms. The first-order valence-electron chi connectivity index (χ1n) is 5.12. The molecule has 0 spiro atoms. The van der Waals surface area contributed by atoms with Crippen molar-refractivity contribution < 1.29 is 13.7 Å². The summed E-state index contributed by atoms with van der Waals surface area (Å²) in [4.78, 5) is 15.8. The molecule has 94 valence electrons. The summed E-state index contributed by atoms with van der Waals surface area (Å²) in [6, 6.07) is 3.93. The number of carbonyl (C=O) groups excluding carboxylic acids is 1. The van der Waals surface area contributed by atoms with Crippen LogP contribution in [0.5, 0.6) is 0 Å². The lowest BCUT2D eigenvalue weighted by Gasteiger charge is -2.03. The van der Waals surface area contributed by atoms with E-state index in [1.54, 1.807) is 6.92 Å². The Morgan fingerprint density at radius 2 is 2.33 bits per heavy atom. The Labute approximate surface area is 108 Å². The molecule has 1 amide bonds. The van der Waals surface area contributed by atoms with Gasteiger partial charge in [0.1, 0.15) is 5.82 Å². The SMILES string of the molecule is Cc1nc(CNC(=O)c2ccc(F)c(S)c2)no1. The molecule has 0 aliphatic heterocycles. The lowest BCUT2D eigenvalue weighted by atomic mass is 10.2. The highest BCUT2D eigenvalue weighted by atomic mass is 32.1. The highest BCUT2D eigenvalue weighted by Crippen LogP contribution is 2.14. The molecular weight excluding hydrogens is 257 g/mol. The zero-order valence-electron chi connectivity index (χ0n) is 9.48. The number of thiol groups is 1. The van der Waals surface area contributed by atoms with Crippen LogP contribution in [0.25, 0.3) is 0 Å². The molecule has 0 aliphatic rings. The number of rotatable bonds is 3. The van der Waals surface area contributed by atoms with Crippen LogP contribution in [0.1, 0.15) is 22.1 Å². The highest BCUT2D eigenvalue weighted by Gasteiger charge is 2.09. The lowest BCUT2D eigenvalue weighted by molar-refractivity contribution is 0.0949. The molecule has 0 bridgehead atoms. The van der Waals surface area contributed by atoms with Gasteiger partial charge in [0.05, 0.1) is 6.54 Å². The van der Waals surface area contributed by atoms with E-state index in [1.165, 1.54) is 18.2 Å². The first kappa shape index (κ1) is 12.6. The summed E-state index contributed by atoms with van der Waals surface area (Å²) in [6.07, 6.45) is 0. The predicted octanol–water partition coefficient (Wildman–Crippen LogP) is 1.74. The fourth-order valence-electron chi connectivity index (χ4n) is 1.33. The van der Waals surface area contributed by atoms with Gasteiger partial charge in [0.15, 0.2) is 5.82 Å². The number of hydrogen-bond acceptors (Lipinski definition) is 5. The third kappa shape index (κ3) is 2.86. The van der Waals surface area contributed by atoms with Crippen LogP contribution in [0.4, 0.5) is 4.39 Å². The zero-order valence-corrected chi connectivity index (χ0v) is 10.4. The van der Waals surface area contributed by atoms with E-state index in [0.717, 1.165) is 0 Å². The van der Waals surface area contributed by atoms with Crippen molar-refractivity contribution in [2.24, 2.45) is 0 Å². The first-order valence-corrected chi connectivity index (χ1v) is 5.57. The van der Waals surface area contributed by atoms with Crippen molar-refractivity contribution in [3.05, 3.63) is 41.3 Å². The first-order chi connectivity index (χ1) is 8.56. The fraction of sp³-hybridized carbons (Fsp3) is 0.182. The summed E-state index contributed by atoms with van der Waals surface area (Å²) in [5.74, 6) is -0.0100. The Hall–Kier alpha value is -1.89. The highest BCUT2D eigenvalue weighted by molar-refractivity contribution is 7.80. The standard InChI is InChI=1S/C11H10FN3O2S/c1-6-14-10(15-17-6)5-13-11(16)7-2-3-8(12)9(18)4-7/h2-4,18H,5H2,1H3,(H,13,16). The van der Waals surface area contributed by atoms with Gasteiger partial charge in [-0.25, -0.2) is 4.39 Å². The average Bonchev–Trinajstić information content (AvgIpc) is 2.75. The smallest absolute Gasteiger partial charge is 0.251 e. The number of nitrogens with zero attached hydrogens (tertiary/aromatic N) is 2. The number of aromatic nitrogens is 2. The van der Waals surface area contributed by atoms with E-state index < -0.39 is 5.82 Å². The third-order valence-corrected chi connectivity index (χ3v) is 2.53. The monoisotopic (exact) mass is 267 g/mol. The van der Waals surface area contributed by atoms with Crippen molar-refractivity contribution in [3.8, 4) is 0 Å². The second kappa shape index (κ2) is 5.18. The average molecular weight is 267 g/mol. The molecule has 7 heteroatoms. The third-order valence-electron chi connectivity index (χ3n) is 2.19. The summed E-state index contributed by atoms with van der Waals surface area (Å²) in [6.45, 7) is 1.81. The van der Waals surface area contributed by atoms with E-state index in [1.807, 2.05) is 0 Å². The van der Waals surface area contributed by atoms with E-state index in [2.05, 4.69) is 28.1 Å². The van der Waals surface area contributed by atoms with Crippen molar-refractivity contribution >= 4 is 18.5 Å². The van der Waals surface area contributed by atoms with E-state index in [-0.39, 0.29) is 17.3 Å². The normalized spacial score (nSPS) is 10.4. The molecule has 2 aromatic rings. The number of nitrogens with one attached hydrogen (secondary N) is 1. The number of amides is 1. The second-order valence-electron chi connectivity index (χ2n) is 3.58. The fourth-order valence-corrected chi connectivity index (χ4v) is 1.54. The predicted molar refractivity (Wildman–Crippen MR) is 63.9 cm³/mol. The maximum absolute atomic E-state index is 13.0. The van der Waals surface area contributed by atoms with Gasteiger partial charge in [-0.05, 0) is 18.2 Å². The van der Waals surface area contributed by atoms with Gasteiger partial charge in [-0.15, -0.1) is 12.6 Å². The summed E-state index contributed by atoms with van der Waals surface area (Å²) in [7, 11) is 0. The summed E-state index contributed by atoms with van der Waals surface area (Å²) >= 11 is 3.91. The minimum atomic E-state index is -0.469. The number of halogens is 1. The molecule has 1 N–H and O–H groups in total. The van der Waals surface area contributed by atoms with Gasteiger partial charge in [-0.1, -0.05) is 5.16 Å². The Morgan fingerprint density at radius 1 is 1.56 bits per heavy atom. The quantitative estimate of drug-likeness (QED) is 0.831. The van der Waals surface area contributed by atoms with Crippen molar-refractivity contribution in [2.75, 3.05) is 0 Å². The zero-order chi connectivity index (χ0) is 13.1. The second-order valence-corrected chi connectivity index (χ2v) is 4.06. The van der Waals surface area contributed by atoms with Crippen LogP contribution in [0.3, 0.4) is 0 Å². The molecular formula is C11H10FN3O2S. The minimum absolute atomic E-state index is 0.123. The van der Waals surface area contributed by atoms with Crippen molar-refractivity contribution in [1.82, 2.24) is 15.5 Å². The Morgan fingerprint density at radius 3 is 2.94 bits per heavy atom. The molecule has 2 rings (SSSR count). The van der Waals surface area contributed by atoms with Crippen LogP contribution < -0.4 is 5.32 Å². The van der Waals surface area contributed by atoms with Gasteiger partial charge in [0.25, 0.3) is 5.91 Å². The van der Waals surface area contributed by atoms with Gasteiger partial charge in [0.2, 0.25) is 5.89 Å². The van der Waals surface area contributed by atoms with Crippen LogP contribution in [0, 0.1) is 12.7 Å². The van der Waals surface area contributed by atoms with E-state index in [4.69, 9.17) is 4.52 Å². The van der Waals surface area contributed by atoms with Gasteiger partial charge < -0.3 is 9.84 Å². The van der Waals surface area contributed by atoms with E-state index >= 15 is 0 Å². The largest absolute Gasteiger partial charge is 0.345 e. The van der Waals surface area contributed by atoms with Gasteiger partial charge in [-0.2, -0.15) is 4.98 Å². The summed E-state index contributed by atoms with van der Waals surface area (Å²) in [5.41, 5.74) is 0.321. The molecule has 0 fully saturated rings. The molecule has 5 nitrogen and oxygen atoms in total. The van der Waals surface area contributed by atoms with Crippen molar-refractivity contribution in [2.45, 2.75) is 18.4 Å². The molecule has 0 unspecified atom stereocenters. The maximum atomic E-state index is 13.0. The Kier molecular flexibility index (Phi) is 3.61. The maximum Gasteiger partial charge on any atom is 0.251 e. The molecule has 0 radical (unpaired) electrons. The Balaban J connectivity index is 2.01. The minimum Gasteiger partial charge on any atom is -0.345 e. The van der Waals surface area contributed by atoms with Crippen LogP contribution in [0.2, 0.25) is 0 Å². The number of aryl methyl sites for hydroxylation is 1. The van der Waals surface area contributed by atoms with Crippen molar-refractivity contribution in [1.29, 1.82) is 0 Å². The molecule has 0 saturated heterocycles. The Bertz CT molecular complexity index is 585. The number of benzene rings is 1. The molecule has 1 heterocycles. The van der Waals surface area contributed by atoms with E-state index in [9.17, 15) is 9.18 Å². The van der Waals surface area contributed by atoms with Crippen LogP contribution in [0.15, 0.2) is 27.6 Å².